The van der Waals surface area contributed by atoms with E-state index in [1.807, 2.05) is 38.1 Å². The molecule has 0 unspecified atom stereocenters. The normalized spacial score (nSPS) is 24.3. The molecule has 0 aromatic heterocycles. The van der Waals surface area contributed by atoms with Crippen LogP contribution in [0.2, 0.25) is 10.0 Å². The van der Waals surface area contributed by atoms with Gasteiger partial charge in [0.15, 0.2) is 0 Å². The molecule has 7 rings (SSSR count). The van der Waals surface area contributed by atoms with E-state index in [1.54, 1.807) is 66.7 Å². The second kappa shape index (κ2) is 9.90. The molecule has 0 N–H and O–H groups in total. The molecule has 0 spiro atoms. The number of nitrogens with zero attached hydrogens (tertiary/aromatic N) is 2. The van der Waals surface area contributed by atoms with Gasteiger partial charge in [-0.15, -0.1) is 0 Å². The van der Waals surface area contributed by atoms with Crippen molar-refractivity contribution in [2.24, 2.45) is 11.3 Å². The smallest absolute Gasteiger partial charge is 0.242 e. The summed E-state index contributed by atoms with van der Waals surface area (Å²) in [6.45, 7) is 3.84. The third-order valence-corrected chi connectivity index (χ3v) is 9.62. The molecule has 6 nitrogen and oxygen atoms in total. The molecule has 0 radical (unpaired) electrons. The second-order valence-electron chi connectivity index (χ2n) is 11.7. The standard InChI is InChI=1S/C35H26Cl2N2O4/c1-19-3-12-24(13-4-19)38-31(40)28-26-16-11-23(37)17-27(26)29-32(41)39(25-14-5-20(2)6-15-25)34(43)35(29,30(28)33(38)42)18-21-7-9-22(36)10-8-21/h3-17,28-30H,18H2,1-2H3/t28-,29+,30+,35+/m1/s1. The van der Waals surface area contributed by atoms with Crippen LogP contribution in [0.4, 0.5) is 11.4 Å². The highest BCUT2D eigenvalue weighted by molar-refractivity contribution is 6.33. The van der Waals surface area contributed by atoms with E-state index in [4.69, 9.17) is 23.2 Å². The summed E-state index contributed by atoms with van der Waals surface area (Å²) in [5.74, 6) is -5.01. The van der Waals surface area contributed by atoms with E-state index in [9.17, 15) is 19.2 Å². The Balaban J connectivity index is 1.50. The first-order chi connectivity index (χ1) is 20.6. The van der Waals surface area contributed by atoms with Crippen LogP contribution < -0.4 is 9.80 Å². The van der Waals surface area contributed by atoms with Gasteiger partial charge in [0.1, 0.15) is 0 Å². The Morgan fingerprint density at radius 1 is 0.628 bits per heavy atom. The topological polar surface area (TPSA) is 74.8 Å². The average Bonchev–Trinajstić information content (AvgIpc) is 3.38. The van der Waals surface area contributed by atoms with Gasteiger partial charge in [0, 0.05) is 10.0 Å². The molecule has 4 aromatic carbocycles. The number of carbonyl (C=O) groups is 4. The second-order valence-corrected chi connectivity index (χ2v) is 12.5. The maximum absolute atomic E-state index is 15.0. The lowest BCUT2D eigenvalue weighted by molar-refractivity contribution is -0.138. The number of aryl methyl sites for hydroxylation is 2. The third-order valence-electron chi connectivity index (χ3n) is 9.13. The number of anilines is 2. The molecule has 2 saturated heterocycles. The Kier molecular flexibility index (Phi) is 6.35. The van der Waals surface area contributed by atoms with Crippen molar-refractivity contribution in [2.45, 2.75) is 32.1 Å². The minimum Gasteiger partial charge on any atom is -0.274 e. The zero-order chi connectivity index (χ0) is 30.2. The van der Waals surface area contributed by atoms with E-state index in [1.165, 1.54) is 9.80 Å². The summed E-state index contributed by atoms with van der Waals surface area (Å²) in [6.07, 6.45) is 0.0512. The fourth-order valence-electron chi connectivity index (χ4n) is 7.20. The highest BCUT2D eigenvalue weighted by Crippen LogP contribution is 2.63. The van der Waals surface area contributed by atoms with Gasteiger partial charge in [-0.3, -0.25) is 19.2 Å². The van der Waals surface area contributed by atoms with Gasteiger partial charge in [0.05, 0.1) is 34.5 Å². The number of rotatable bonds is 4. The van der Waals surface area contributed by atoms with E-state index in [2.05, 4.69) is 0 Å². The van der Waals surface area contributed by atoms with Gasteiger partial charge in [0.2, 0.25) is 23.6 Å². The maximum atomic E-state index is 15.0. The van der Waals surface area contributed by atoms with Crippen molar-refractivity contribution in [1.29, 1.82) is 0 Å². The fourth-order valence-corrected chi connectivity index (χ4v) is 7.51. The molecule has 2 aliphatic heterocycles. The quantitative estimate of drug-likeness (QED) is 0.239. The first-order valence-electron chi connectivity index (χ1n) is 14.0. The van der Waals surface area contributed by atoms with Gasteiger partial charge in [-0.2, -0.15) is 0 Å². The Bertz CT molecular complexity index is 1840. The van der Waals surface area contributed by atoms with Crippen LogP contribution in [0.15, 0.2) is 91.0 Å². The summed E-state index contributed by atoms with van der Waals surface area (Å²) in [6, 6.07) is 26.3. The number of halogens is 2. The predicted molar refractivity (Wildman–Crippen MR) is 165 cm³/mol. The highest BCUT2D eigenvalue weighted by atomic mass is 35.5. The number of hydrogen-bond donors (Lipinski definition) is 0. The lowest BCUT2D eigenvalue weighted by atomic mass is 9.54. The first-order valence-corrected chi connectivity index (χ1v) is 14.8. The van der Waals surface area contributed by atoms with Crippen molar-refractivity contribution in [3.8, 4) is 0 Å². The number of fused-ring (bicyclic) bond motifs is 6. The van der Waals surface area contributed by atoms with Crippen molar-refractivity contribution in [3.63, 3.8) is 0 Å². The number of benzene rings is 4. The molecular formula is C35H26Cl2N2O4. The Morgan fingerprint density at radius 3 is 1.79 bits per heavy atom. The van der Waals surface area contributed by atoms with Gasteiger partial charge >= 0.3 is 0 Å². The van der Waals surface area contributed by atoms with Crippen LogP contribution in [0.25, 0.3) is 0 Å². The molecule has 214 valence electrons. The van der Waals surface area contributed by atoms with E-state index in [0.29, 0.717) is 32.5 Å². The van der Waals surface area contributed by atoms with Gasteiger partial charge in [-0.1, -0.05) is 76.8 Å². The Morgan fingerprint density at radius 2 is 1.19 bits per heavy atom. The minimum absolute atomic E-state index is 0.0512. The lowest BCUT2D eigenvalue weighted by Gasteiger charge is -2.43. The maximum Gasteiger partial charge on any atom is 0.242 e. The number of amides is 4. The molecule has 2 fully saturated rings. The predicted octanol–water partition coefficient (Wildman–Crippen LogP) is 6.78. The summed E-state index contributed by atoms with van der Waals surface area (Å²) in [5.41, 5.74) is 2.97. The summed E-state index contributed by atoms with van der Waals surface area (Å²) in [4.78, 5) is 60.9. The SMILES string of the molecule is Cc1ccc(N2C(=O)[C@@H]3c4ccc(Cl)cc4[C@H]4C(=O)N(c5ccc(C)cc5)C(=O)[C@]4(Cc4ccc(Cl)cc4)[C@@H]3C2=O)cc1. The molecule has 4 amide bonds. The highest BCUT2D eigenvalue weighted by Gasteiger charge is 2.73. The average molecular weight is 610 g/mol. The van der Waals surface area contributed by atoms with Crippen molar-refractivity contribution >= 4 is 58.2 Å². The Labute approximate surface area is 258 Å². The number of carbonyl (C=O) groups excluding carboxylic acids is 4. The fraction of sp³-hybridized carbons (Fsp3) is 0.200. The zero-order valence-corrected chi connectivity index (χ0v) is 24.9. The van der Waals surface area contributed by atoms with E-state index in [0.717, 1.165) is 16.7 Å². The van der Waals surface area contributed by atoms with Crippen molar-refractivity contribution < 1.29 is 19.2 Å². The van der Waals surface area contributed by atoms with Crippen LogP contribution in [0.5, 0.6) is 0 Å². The molecular weight excluding hydrogens is 583 g/mol. The van der Waals surface area contributed by atoms with Crippen molar-refractivity contribution in [3.05, 3.63) is 129 Å². The van der Waals surface area contributed by atoms with Crippen LogP contribution in [0.1, 0.15) is 39.7 Å². The van der Waals surface area contributed by atoms with Crippen molar-refractivity contribution in [1.82, 2.24) is 0 Å². The number of imide groups is 2. The van der Waals surface area contributed by atoms with Crippen LogP contribution in [0.3, 0.4) is 0 Å². The molecule has 3 aliphatic rings. The molecule has 4 atom stereocenters. The van der Waals surface area contributed by atoms with Crippen LogP contribution in [0, 0.1) is 25.2 Å². The van der Waals surface area contributed by atoms with E-state index >= 15 is 0 Å². The molecule has 4 aromatic rings. The molecule has 8 heteroatoms. The third kappa shape index (κ3) is 4.00. The monoisotopic (exact) mass is 608 g/mol. The van der Waals surface area contributed by atoms with Gasteiger partial charge in [0.25, 0.3) is 0 Å². The van der Waals surface area contributed by atoms with E-state index < -0.39 is 46.8 Å². The van der Waals surface area contributed by atoms with Crippen LogP contribution in [-0.4, -0.2) is 23.6 Å². The Hall–Kier alpha value is -4.26. The lowest BCUT2D eigenvalue weighted by Crippen LogP contribution is -2.51. The first kappa shape index (κ1) is 27.6. The summed E-state index contributed by atoms with van der Waals surface area (Å²) in [7, 11) is 0. The zero-order valence-electron chi connectivity index (χ0n) is 23.4. The van der Waals surface area contributed by atoms with Gasteiger partial charge in [-0.25, -0.2) is 9.80 Å². The van der Waals surface area contributed by atoms with Gasteiger partial charge in [-0.05, 0) is 85.5 Å². The summed E-state index contributed by atoms with van der Waals surface area (Å²) < 4.78 is 0. The molecule has 1 aliphatic carbocycles. The van der Waals surface area contributed by atoms with Crippen LogP contribution in [-0.2, 0) is 25.6 Å². The van der Waals surface area contributed by atoms with Gasteiger partial charge < -0.3 is 0 Å². The molecule has 43 heavy (non-hydrogen) atoms. The molecule has 2 heterocycles. The van der Waals surface area contributed by atoms with E-state index in [-0.39, 0.29) is 6.42 Å². The molecule has 0 bridgehead atoms. The van der Waals surface area contributed by atoms with Crippen LogP contribution >= 0.6 is 23.2 Å². The van der Waals surface area contributed by atoms with Crippen molar-refractivity contribution in [2.75, 3.05) is 9.80 Å². The number of hydrogen-bond acceptors (Lipinski definition) is 4. The molecule has 0 saturated carbocycles. The minimum atomic E-state index is -1.59. The summed E-state index contributed by atoms with van der Waals surface area (Å²) in [5, 5.41) is 0.892. The largest absolute Gasteiger partial charge is 0.274 e. The summed E-state index contributed by atoms with van der Waals surface area (Å²) >= 11 is 12.7.